The standard InChI is InChI=1S/C15H18N4O4S.ClH/c1-18-6-5-17-15(18)12-9-16-4-7-19(12)24(20,21)11-2-3-13-14(8-11)23-10-22-13;/h2-3,5-6,8,12,16H,4,7,9-10H2,1H3;1H. The zero-order valence-electron chi connectivity index (χ0n) is 13.6. The molecule has 136 valence electrons. The van der Waals surface area contributed by atoms with Crippen LogP contribution in [0.1, 0.15) is 11.9 Å². The van der Waals surface area contributed by atoms with E-state index in [1.165, 1.54) is 10.4 Å². The summed E-state index contributed by atoms with van der Waals surface area (Å²) < 4.78 is 40.2. The Labute approximate surface area is 152 Å². The van der Waals surface area contributed by atoms with Gasteiger partial charge in [0.2, 0.25) is 16.8 Å². The number of nitrogens with zero attached hydrogens (tertiary/aromatic N) is 3. The third-order valence-corrected chi connectivity index (χ3v) is 6.21. The van der Waals surface area contributed by atoms with Gasteiger partial charge in [0.1, 0.15) is 5.82 Å². The molecule has 1 saturated heterocycles. The summed E-state index contributed by atoms with van der Waals surface area (Å²) in [7, 11) is -1.81. The van der Waals surface area contributed by atoms with E-state index in [-0.39, 0.29) is 30.1 Å². The first-order valence-corrected chi connectivity index (χ1v) is 9.11. The van der Waals surface area contributed by atoms with E-state index in [0.29, 0.717) is 37.0 Å². The van der Waals surface area contributed by atoms with Crippen molar-refractivity contribution in [3.05, 3.63) is 36.4 Å². The van der Waals surface area contributed by atoms with Crippen LogP contribution in [0.2, 0.25) is 0 Å². The van der Waals surface area contributed by atoms with E-state index in [4.69, 9.17) is 9.47 Å². The van der Waals surface area contributed by atoms with Crippen molar-refractivity contribution in [3.63, 3.8) is 0 Å². The van der Waals surface area contributed by atoms with Gasteiger partial charge in [-0.25, -0.2) is 13.4 Å². The number of aryl methyl sites for hydroxylation is 1. The average Bonchev–Trinajstić information content (AvgIpc) is 3.22. The number of halogens is 1. The van der Waals surface area contributed by atoms with Gasteiger partial charge in [-0.15, -0.1) is 12.4 Å². The second kappa shape index (κ2) is 6.83. The van der Waals surface area contributed by atoms with Gasteiger partial charge in [-0.1, -0.05) is 0 Å². The summed E-state index contributed by atoms with van der Waals surface area (Å²) >= 11 is 0. The molecule has 8 nitrogen and oxygen atoms in total. The number of benzene rings is 1. The average molecular weight is 387 g/mol. The quantitative estimate of drug-likeness (QED) is 0.843. The molecular formula is C15H19ClN4O4S. The fourth-order valence-corrected chi connectivity index (χ4v) is 4.67. The number of hydrogen-bond acceptors (Lipinski definition) is 6. The van der Waals surface area contributed by atoms with E-state index in [1.807, 2.05) is 17.8 Å². The molecule has 1 atom stereocenters. The summed E-state index contributed by atoms with van der Waals surface area (Å²) in [5, 5.41) is 3.24. The van der Waals surface area contributed by atoms with Crippen molar-refractivity contribution < 1.29 is 17.9 Å². The largest absolute Gasteiger partial charge is 0.454 e. The lowest BCUT2D eigenvalue weighted by molar-refractivity contribution is 0.174. The van der Waals surface area contributed by atoms with Gasteiger partial charge in [-0.3, -0.25) is 0 Å². The predicted molar refractivity (Wildman–Crippen MR) is 92.5 cm³/mol. The SMILES string of the molecule is Cl.Cn1ccnc1C1CNCCN1S(=O)(=O)c1ccc2c(c1)OCO2. The second-order valence-corrected chi connectivity index (χ2v) is 7.64. The van der Waals surface area contributed by atoms with Crippen LogP contribution in [0.25, 0.3) is 0 Å². The molecule has 1 N–H and O–H groups in total. The van der Waals surface area contributed by atoms with E-state index in [2.05, 4.69) is 10.3 Å². The number of ether oxygens (including phenoxy) is 2. The lowest BCUT2D eigenvalue weighted by atomic mass is 10.2. The maximum atomic E-state index is 13.2. The van der Waals surface area contributed by atoms with Crippen molar-refractivity contribution in [2.45, 2.75) is 10.9 Å². The monoisotopic (exact) mass is 386 g/mol. The van der Waals surface area contributed by atoms with Crippen molar-refractivity contribution in [1.29, 1.82) is 0 Å². The van der Waals surface area contributed by atoms with Crippen molar-refractivity contribution in [3.8, 4) is 11.5 Å². The third kappa shape index (κ3) is 3.08. The Morgan fingerprint density at radius 2 is 2.08 bits per heavy atom. The molecule has 0 spiro atoms. The summed E-state index contributed by atoms with van der Waals surface area (Å²) in [6.07, 6.45) is 3.49. The molecule has 0 bridgehead atoms. The zero-order chi connectivity index (χ0) is 16.7. The molecule has 0 aliphatic carbocycles. The molecule has 0 radical (unpaired) electrons. The van der Waals surface area contributed by atoms with Crippen LogP contribution in [0.3, 0.4) is 0 Å². The van der Waals surface area contributed by atoms with Crippen LogP contribution < -0.4 is 14.8 Å². The van der Waals surface area contributed by atoms with Crippen LogP contribution >= 0.6 is 12.4 Å². The molecule has 10 heteroatoms. The van der Waals surface area contributed by atoms with Crippen LogP contribution in [-0.4, -0.2) is 48.7 Å². The van der Waals surface area contributed by atoms with E-state index < -0.39 is 10.0 Å². The summed E-state index contributed by atoms with van der Waals surface area (Å²) in [5.41, 5.74) is 0. The Hall–Kier alpha value is -1.81. The van der Waals surface area contributed by atoms with Crippen LogP contribution in [0.5, 0.6) is 11.5 Å². The first-order valence-electron chi connectivity index (χ1n) is 7.67. The van der Waals surface area contributed by atoms with E-state index in [1.54, 1.807) is 18.3 Å². The van der Waals surface area contributed by atoms with Crippen LogP contribution in [-0.2, 0) is 17.1 Å². The molecule has 3 heterocycles. The third-order valence-electron chi connectivity index (χ3n) is 4.30. The molecule has 4 rings (SSSR count). The van der Waals surface area contributed by atoms with Gasteiger partial charge in [-0.05, 0) is 12.1 Å². The zero-order valence-corrected chi connectivity index (χ0v) is 15.2. The highest BCUT2D eigenvalue weighted by atomic mass is 35.5. The topological polar surface area (TPSA) is 85.7 Å². The molecule has 1 fully saturated rings. The van der Waals surface area contributed by atoms with Gasteiger partial charge in [0.15, 0.2) is 11.5 Å². The molecule has 1 unspecified atom stereocenters. The Bertz CT molecular complexity index is 870. The molecule has 25 heavy (non-hydrogen) atoms. The number of rotatable bonds is 3. The summed E-state index contributed by atoms with van der Waals surface area (Å²) in [6.45, 7) is 1.62. The number of sulfonamides is 1. The number of aromatic nitrogens is 2. The molecule has 0 amide bonds. The maximum Gasteiger partial charge on any atom is 0.243 e. The number of piperazine rings is 1. The summed E-state index contributed by atoms with van der Waals surface area (Å²) in [5.74, 6) is 1.74. The van der Waals surface area contributed by atoms with Gasteiger partial charge in [-0.2, -0.15) is 4.31 Å². The van der Waals surface area contributed by atoms with Gasteiger partial charge in [0.25, 0.3) is 0 Å². The van der Waals surface area contributed by atoms with Crippen molar-refractivity contribution >= 4 is 22.4 Å². The Morgan fingerprint density at radius 1 is 1.28 bits per heavy atom. The normalized spacial score (nSPS) is 20.3. The van der Waals surface area contributed by atoms with Gasteiger partial charge < -0.3 is 19.4 Å². The van der Waals surface area contributed by atoms with Gasteiger partial charge in [0.05, 0.1) is 10.9 Å². The molecule has 1 aromatic heterocycles. The fourth-order valence-electron chi connectivity index (χ4n) is 3.06. The van der Waals surface area contributed by atoms with Gasteiger partial charge in [0, 0.05) is 45.1 Å². The lowest BCUT2D eigenvalue weighted by Gasteiger charge is -2.34. The highest BCUT2D eigenvalue weighted by Gasteiger charge is 2.37. The fraction of sp³-hybridized carbons (Fsp3) is 0.400. The van der Waals surface area contributed by atoms with E-state index in [0.717, 1.165) is 0 Å². The van der Waals surface area contributed by atoms with Crippen molar-refractivity contribution in [2.75, 3.05) is 26.4 Å². The number of nitrogens with one attached hydrogen (secondary N) is 1. The molecule has 2 aliphatic rings. The van der Waals surface area contributed by atoms with E-state index >= 15 is 0 Å². The highest BCUT2D eigenvalue weighted by Crippen LogP contribution is 2.36. The maximum absolute atomic E-state index is 13.2. The van der Waals surface area contributed by atoms with Gasteiger partial charge >= 0.3 is 0 Å². The number of imidazole rings is 1. The highest BCUT2D eigenvalue weighted by molar-refractivity contribution is 7.89. The number of fused-ring (bicyclic) bond motifs is 1. The van der Waals surface area contributed by atoms with Crippen LogP contribution in [0.15, 0.2) is 35.5 Å². The molecule has 1 aromatic carbocycles. The Morgan fingerprint density at radius 3 is 2.84 bits per heavy atom. The number of hydrogen-bond donors (Lipinski definition) is 1. The van der Waals surface area contributed by atoms with Crippen LogP contribution in [0.4, 0.5) is 0 Å². The molecule has 2 aromatic rings. The minimum atomic E-state index is -3.67. The lowest BCUT2D eigenvalue weighted by Crippen LogP contribution is -2.49. The second-order valence-electron chi connectivity index (χ2n) is 5.75. The Balaban J connectivity index is 0.00000182. The molecule has 0 saturated carbocycles. The van der Waals surface area contributed by atoms with E-state index in [9.17, 15) is 8.42 Å². The smallest absolute Gasteiger partial charge is 0.243 e. The first kappa shape index (κ1) is 18.0. The predicted octanol–water partition coefficient (Wildman–Crippen LogP) is 0.906. The summed E-state index contributed by atoms with van der Waals surface area (Å²) in [4.78, 5) is 4.53. The van der Waals surface area contributed by atoms with Crippen molar-refractivity contribution in [1.82, 2.24) is 19.2 Å². The van der Waals surface area contributed by atoms with Crippen LogP contribution in [0, 0.1) is 0 Å². The minimum Gasteiger partial charge on any atom is -0.454 e. The summed E-state index contributed by atoms with van der Waals surface area (Å²) in [6, 6.07) is 4.36. The molecule has 2 aliphatic heterocycles. The van der Waals surface area contributed by atoms with Crippen molar-refractivity contribution in [2.24, 2.45) is 7.05 Å². The minimum absolute atomic E-state index is 0. The molecular weight excluding hydrogens is 368 g/mol. The first-order chi connectivity index (χ1) is 11.6. The Kier molecular flexibility index (Phi) is 4.92.